The van der Waals surface area contributed by atoms with Gasteiger partial charge in [-0.05, 0) is 31.2 Å². The van der Waals surface area contributed by atoms with Gasteiger partial charge in [0.1, 0.15) is 0 Å². The molecule has 1 unspecified atom stereocenters. The van der Waals surface area contributed by atoms with E-state index in [0.29, 0.717) is 12.0 Å². The molecular weight excluding hydrogens is 170 g/mol. The third-order valence-electron chi connectivity index (χ3n) is 2.35. The second-order valence-corrected chi connectivity index (χ2v) is 4.58. The molecule has 0 heterocycles. The van der Waals surface area contributed by atoms with E-state index in [-0.39, 0.29) is 0 Å². The summed E-state index contributed by atoms with van der Waals surface area (Å²) in [7, 11) is 0. The summed E-state index contributed by atoms with van der Waals surface area (Å²) in [4.78, 5) is 0. The Bertz CT molecular complexity index is 278. The van der Waals surface area contributed by atoms with Gasteiger partial charge in [0.2, 0.25) is 0 Å². The summed E-state index contributed by atoms with van der Waals surface area (Å²) in [5.41, 5.74) is 8.73. The van der Waals surface area contributed by atoms with E-state index in [4.69, 9.17) is 5.73 Å². The molecule has 2 N–H and O–H groups in total. The van der Waals surface area contributed by atoms with E-state index in [1.165, 1.54) is 11.1 Å². The van der Waals surface area contributed by atoms with Gasteiger partial charge in [-0.3, -0.25) is 0 Å². The van der Waals surface area contributed by atoms with Crippen molar-refractivity contribution < 1.29 is 0 Å². The first-order chi connectivity index (χ1) is 6.58. The summed E-state index contributed by atoms with van der Waals surface area (Å²) in [6.45, 7) is 6.56. The topological polar surface area (TPSA) is 26.0 Å². The molecule has 1 aromatic rings. The van der Waals surface area contributed by atoms with Gasteiger partial charge in [0.25, 0.3) is 0 Å². The molecule has 0 aliphatic heterocycles. The molecule has 0 aliphatic rings. The molecule has 0 amide bonds. The third-order valence-corrected chi connectivity index (χ3v) is 2.35. The number of benzene rings is 1. The number of rotatable bonds is 4. The highest BCUT2D eigenvalue weighted by atomic mass is 14.6. The maximum Gasteiger partial charge on any atom is 0.00817 e. The lowest BCUT2D eigenvalue weighted by Crippen LogP contribution is -2.24. The zero-order valence-corrected chi connectivity index (χ0v) is 9.46. The largest absolute Gasteiger partial charge is 0.327 e. The monoisotopic (exact) mass is 191 g/mol. The van der Waals surface area contributed by atoms with Crippen LogP contribution >= 0.6 is 0 Å². The first kappa shape index (κ1) is 11.3. The maximum atomic E-state index is 6.06. The lowest BCUT2D eigenvalue weighted by atomic mass is 9.97. The maximum absolute atomic E-state index is 6.06. The number of nitrogens with two attached hydrogens (primary N) is 1. The molecular formula is C13H21N. The molecule has 78 valence electrons. The van der Waals surface area contributed by atoms with Gasteiger partial charge in [-0.15, -0.1) is 0 Å². The van der Waals surface area contributed by atoms with Crippen LogP contribution in [0.3, 0.4) is 0 Å². The Hall–Kier alpha value is -0.820. The van der Waals surface area contributed by atoms with E-state index in [2.05, 4.69) is 45.0 Å². The first-order valence-electron chi connectivity index (χ1n) is 5.39. The van der Waals surface area contributed by atoms with Gasteiger partial charge in [-0.2, -0.15) is 0 Å². The smallest absolute Gasteiger partial charge is 0.00817 e. The molecule has 1 heteroatoms. The van der Waals surface area contributed by atoms with Crippen molar-refractivity contribution in [2.45, 2.75) is 39.7 Å². The Kier molecular flexibility index (Phi) is 4.15. The van der Waals surface area contributed by atoms with Gasteiger partial charge in [-0.1, -0.05) is 43.7 Å². The Morgan fingerprint density at radius 2 is 2.00 bits per heavy atom. The van der Waals surface area contributed by atoms with E-state index in [1.807, 2.05) is 0 Å². The van der Waals surface area contributed by atoms with Crippen molar-refractivity contribution in [2.75, 3.05) is 0 Å². The van der Waals surface area contributed by atoms with Crippen LogP contribution in [0.1, 0.15) is 31.4 Å². The highest BCUT2D eigenvalue weighted by Gasteiger charge is 2.06. The van der Waals surface area contributed by atoms with Gasteiger partial charge in [0.15, 0.2) is 0 Å². The SMILES string of the molecule is Cc1cccc(CC(N)CC(C)C)c1. The quantitative estimate of drug-likeness (QED) is 0.778. The van der Waals surface area contributed by atoms with Crippen LogP contribution in [0, 0.1) is 12.8 Å². The third kappa shape index (κ3) is 3.93. The zero-order valence-electron chi connectivity index (χ0n) is 9.46. The molecule has 1 aromatic carbocycles. The molecule has 0 saturated carbocycles. The number of hydrogen-bond acceptors (Lipinski definition) is 1. The average Bonchev–Trinajstić information content (AvgIpc) is 2.01. The van der Waals surface area contributed by atoms with Crippen molar-refractivity contribution in [3.8, 4) is 0 Å². The standard InChI is InChI=1S/C13H21N/c1-10(2)7-13(14)9-12-6-4-5-11(3)8-12/h4-6,8,10,13H,7,9,14H2,1-3H3. The minimum absolute atomic E-state index is 0.303. The van der Waals surface area contributed by atoms with Crippen LogP contribution in [-0.4, -0.2) is 6.04 Å². The molecule has 0 radical (unpaired) electrons. The van der Waals surface area contributed by atoms with E-state index < -0.39 is 0 Å². The van der Waals surface area contributed by atoms with Crippen LogP contribution in [0.4, 0.5) is 0 Å². The van der Waals surface area contributed by atoms with Gasteiger partial charge in [0, 0.05) is 6.04 Å². The van der Waals surface area contributed by atoms with Crippen LogP contribution in [0.15, 0.2) is 24.3 Å². The van der Waals surface area contributed by atoms with Crippen molar-refractivity contribution in [2.24, 2.45) is 11.7 Å². The highest BCUT2D eigenvalue weighted by Crippen LogP contribution is 2.10. The Balaban J connectivity index is 2.51. The molecule has 14 heavy (non-hydrogen) atoms. The average molecular weight is 191 g/mol. The fourth-order valence-electron chi connectivity index (χ4n) is 1.83. The van der Waals surface area contributed by atoms with Crippen molar-refractivity contribution in [1.29, 1.82) is 0 Å². The van der Waals surface area contributed by atoms with Gasteiger partial charge < -0.3 is 5.73 Å². The van der Waals surface area contributed by atoms with Crippen molar-refractivity contribution >= 4 is 0 Å². The van der Waals surface area contributed by atoms with Gasteiger partial charge in [0.05, 0.1) is 0 Å². The number of hydrogen-bond donors (Lipinski definition) is 1. The molecule has 0 aliphatic carbocycles. The predicted molar refractivity (Wildman–Crippen MR) is 62.3 cm³/mol. The molecule has 0 spiro atoms. The summed E-state index contributed by atoms with van der Waals surface area (Å²) in [6, 6.07) is 8.91. The lowest BCUT2D eigenvalue weighted by molar-refractivity contribution is 0.493. The van der Waals surface area contributed by atoms with Crippen molar-refractivity contribution in [3.63, 3.8) is 0 Å². The Morgan fingerprint density at radius 1 is 1.29 bits per heavy atom. The van der Waals surface area contributed by atoms with E-state index in [9.17, 15) is 0 Å². The van der Waals surface area contributed by atoms with E-state index >= 15 is 0 Å². The van der Waals surface area contributed by atoms with E-state index in [0.717, 1.165) is 12.8 Å². The summed E-state index contributed by atoms with van der Waals surface area (Å²) in [5, 5.41) is 0. The minimum atomic E-state index is 0.303. The van der Waals surface area contributed by atoms with Crippen molar-refractivity contribution in [1.82, 2.24) is 0 Å². The molecule has 0 fully saturated rings. The van der Waals surface area contributed by atoms with E-state index in [1.54, 1.807) is 0 Å². The molecule has 0 bridgehead atoms. The highest BCUT2D eigenvalue weighted by molar-refractivity contribution is 5.22. The summed E-state index contributed by atoms with van der Waals surface area (Å²) in [5.74, 6) is 0.690. The fourth-order valence-corrected chi connectivity index (χ4v) is 1.83. The van der Waals surface area contributed by atoms with Crippen LogP contribution in [0.5, 0.6) is 0 Å². The van der Waals surface area contributed by atoms with Crippen molar-refractivity contribution in [3.05, 3.63) is 35.4 Å². The second-order valence-electron chi connectivity index (χ2n) is 4.58. The van der Waals surface area contributed by atoms with Gasteiger partial charge >= 0.3 is 0 Å². The summed E-state index contributed by atoms with van der Waals surface area (Å²) < 4.78 is 0. The molecule has 1 rings (SSSR count). The second kappa shape index (κ2) is 5.16. The summed E-state index contributed by atoms with van der Waals surface area (Å²) in [6.07, 6.45) is 2.10. The van der Waals surface area contributed by atoms with Gasteiger partial charge in [-0.25, -0.2) is 0 Å². The van der Waals surface area contributed by atoms with Crippen LogP contribution in [0.2, 0.25) is 0 Å². The number of aryl methyl sites for hydroxylation is 1. The normalized spacial score (nSPS) is 13.2. The molecule has 1 atom stereocenters. The Labute approximate surface area is 87.3 Å². The fraction of sp³-hybridized carbons (Fsp3) is 0.538. The molecule has 1 nitrogen and oxygen atoms in total. The first-order valence-corrected chi connectivity index (χ1v) is 5.39. The Morgan fingerprint density at radius 3 is 2.57 bits per heavy atom. The molecule has 0 saturated heterocycles. The lowest BCUT2D eigenvalue weighted by Gasteiger charge is -2.14. The predicted octanol–water partition coefficient (Wildman–Crippen LogP) is 2.91. The van der Waals surface area contributed by atoms with Crippen LogP contribution in [0.25, 0.3) is 0 Å². The zero-order chi connectivity index (χ0) is 10.6. The molecule has 0 aromatic heterocycles. The van der Waals surface area contributed by atoms with Crippen LogP contribution in [-0.2, 0) is 6.42 Å². The summed E-state index contributed by atoms with van der Waals surface area (Å²) >= 11 is 0. The van der Waals surface area contributed by atoms with Crippen LogP contribution < -0.4 is 5.73 Å². The minimum Gasteiger partial charge on any atom is -0.327 e.